The fourth-order valence-electron chi connectivity index (χ4n) is 2.70. The standard InChI is InChI=1S/C20H24ClIN2O2/c1-14-17(6-5-7-18(14)26-4)19(25)23-20(22,12-13-24(2)3)15-8-10-16(21)11-9-15/h5-11H,12-13H2,1-4H3,(H,23,25). The lowest BCUT2D eigenvalue weighted by Crippen LogP contribution is -2.43. The van der Waals surface area contributed by atoms with Gasteiger partial charge in [0.1, 0.15) is 9.30 Å². The van der Waals surface area contributed by atoms with E-state index < -0.39 is 3.55 Å². The molecule has 2 aromatic carbocycles. The van der Waals surface area contributed by atoms with Crippen molar-refractivity contribution in [3.05, 3.63) is 64.2 Å². The highest BCUT2D eigenvalue weighted by Crippen LogP contribution is 2.34. The van der Waals surface area contributed by atoms with Crippen molar-refractivity contribution < 1.29 is 9.53 Å². The van der Waals surface area contributed by atoms with Crippen molar-refractivity contribution in [1.29, 1.82) is 0 Å². The van der Waals surface area contributed by atoms with E-state index in [-0.39, 0.29) is 5.91 Å². The summed E-state index contributed by atoms with van der Waals surface area (Å²) < 4.78 is 4.80. The Balaban J connectivity index is 2.34. The molecule has 1 N–H and O–H groups in total. The number of halogens is 2. The fraction of sp³-hybridized carbons (Fsp3) is 0.350. The minimum atomic E-state index is -0.542. The summed E-state index contributed by atoms with van der Waals surface area (Å²) in [5.74, 6) is 0.584. The first-order valence-corrected chi connectivity index (χ1v) is 9.78. The summed E-state index contributed by atoms with van der Waals surface area (Å²) >= 11 is 8.36. The summed E-state index contributed by atoms with van der Waals surface area (Å²) in [5, 5.41) is 3.89. The second-order valence-electron chi connectivity index (χ2n) is 6.45. The highest BCUT2D eigenvalue weighted by atomic mass is 127. The molecule has 0 fully saturated rings. The molecule has 0 heterocycles. The Hall–Kier alpha value is -1.31. The molecule has 0 spiro atoms. The van der Waals surface area contributed by atoms with Crippen molar-refractivity contribution in [1.82, 2.24) is 10.2 Å². The van der Waals surface area contributed by atoms with Crippen LogP contribution in [0, 0.1) is 6.92 Å². The third kappa shape index (κ3) is 5.11. The van der Waals surface area contributed by atoms with Gasteiger partial charge in [-0.3, -0.25) is 4.79 Å². The van der Waals surface area contributed by atoms with Crippen LogP contribution in [0.4, 0.5) is 0 Å². The van der Waals surface area contributed by atoms with Gasteiger partial charge in [0.2, 0.25) is 0 Å². The zero-order valence-corrected chi connectivity index (χ0v) is 18.4. The monoisotopic (exact) mass is 486 g/mol. The highest BCUT2D eigenvalue weighted by Gasteiger charge is 2.31. The molecular weight excluding hydrogens is 463 g/mol. The first-order valence-electron chi connectivity index (χ1n) is 8.32. The number of amides is 1. The average Bonchev–Trinajstić information content (AvgIpc) is 2.60. The van der Waals surface area contributed by atoms with Crippen molar-refractivity contribution in [2.24, 2.45) is 0 Å². The van der Waals surface area contributed by atoms with Crippen LogP contribution in [0.3, 0.4) is 0 Å². The van der Waals surface area contributed by atoms with Crippen molar-refractivity contribution in [3.63, 3.8) is 0 Å². The van der Waals surface area contributed by atoms with Crippen LogP contribution in [0.15, 0.2) is 42.5 Å². The minimum absolute atomic E-state index is 0.121. The zero-order chi connectivity index (χ0) is 19.3. The number of hydrogen-bond donors (Lipinski definition) is 1. The van der Waals surface area contributed by atoms with E-state index in [1.807, 2.05) is 63.5 Å². The molecule has 0 aromatic heterocycles. The molecule has 2 aromatic rings. The van der Waals surface area contributed by atoms with E-state index in [2.05, 4.69) is 32.8 Å². The molecule has 2 rings (SSSR count). The Kier molecular flexibility index (Phi) is 7.32. The summed E-state index contributed by atoms with van der Waals surface area (Å²) in [6.45, 7) is 2.73. The summed E-state index contributed by atoms with van der Waals surface area (Å²) in [6.07, 6.45) is 0.761. The maximum atomic E-state index is 13.0. The number of benzene rings is 2. The van der Waals surface area contributed by atoms with E-state index in [0.717, 1.165) is 24.1 Å². The van der Waals surface area contributed by atoms with Gasteiger partial charge in [0.15, 0.2) is 0 Å². The lowest BCUT2D eigenvalue weighted by Gasteiger charge is -2.31. The average molecular weight is 487 g/mol. The second kappa shape index (κ2) is 9.06. The number of carbonyl (C=O) groups is 1. The molecule has 0 aliphatic carbocycles. The maximum absolute atomic E-state index is 13.0. The molecule has 1 unspecified atom stereocenters. The molecule has 6 heteroatoms. The molecule has 1 atom stereocenters. The van der Waals surface area contributed by atoms with Gasteiger partial charge >= 0.3 is 0 Å². The molecule has 0 radical (unpaired) electrons. The van der Waals surface area contributed by atoms with E-state index in [9.17, 15) is 4.79 Å². The number of ether oxygens (including phenoxy) is 1. The maximum Gasteiger partial charge on any atom is 0.252 e. The van der Waals surface area contributed by atoms with E-state index >= 15 is 0 Å². The predicted octanol–water partition coefficient (Wildman–Crippen LogP) is 4.63. The van der Waals surface area contributed by atoms with Gasteiger partial charge in [-0.1, -0.05) is 29.8 Å². The molecule has 1 amide bonds. The van der Waals surface area contributed by atoms with Gasteiger partial charge in [-0.2, -0.15) is 0 Å². The van der Waals surface area contributed by atoms with Crippen molar-refractivity contribution in [2.45, 2.75) is 16.9 Å². The van der Waals surface area contributed by atoms with E-state index in [0.29, 0.717) is 16.3 Å². The summed E-state index contributed by atoms with van der Waals surface area (Å²) in [5.41, 5.74) is 2.46. The van der Waals surface area contributed by atoms with Gasteiger partial charge in [0.05, 0.1) is 7.11 Å². The number of nitrogens with zero attached hydrogens (tertiary/aromatic N) is 1. The molecule has 0 bridgehead atoms. The number of hydrogen-bond acceptors (Lipinski definition) is 3. The van der Waals surface area contributed by atoms with Gasteiger partial charge in [0, 0.05) is 22.7 Å². The van der Waals surface area contributed by atoms with Crippen molar-refractivity contribution in [2.75, 3.05) is 27.7 Å². The van der Waals surface area contributed by atoms with Crippen molar-refractivity contribution in [3.8, 4) is 5.75 Å². The smallest absolute Gasteiger partial charge is 0.252 e. The number of alkyl halides is 1. The Labute approximate surface area is 174 Å². The Morgan fingerprint density at radius 2 is 1.88 bits per heavy atom. The second-order valence-corrected chi connectivity index (χ2v) is 8.73. The largest absolute Gasteiger partial charge is 0.496 e. The highest BCUT2D eigenvalue weighted by molar-refractivity contribution is 14.1. The number of methoxy groups -OCH3 is 1. The first-order chi connectivity index (χ1) is 12.3. The molecule has 0 saturated heterocycles. The molecule has 26 heavy (non-hydrogen) atoms. The van der Waals surface area contributed by atoms with Crippen LogP contribution in [0.1, 0.15) is 27.9 Å². The topological polar surface area (TPSA) is 41.6 Å². The van der Waals surface area contributed by atoms with E-state index in [4.69, 9.17) is 16.3 Å². The summed E-state index contributed by atoms with van der Waals surface area (Å²) in [7, 11) is 5.65. The summed E-state index contributed by atoms with van der Waals surface area (Å²) in [4.78, 5) is 15.1. The van der Waals surface area contributed by atoms with Gasteiger partial charge in [-0.05, 0) is 79.9 Å². The number of nitrogens with one attached hydrogen (secondary N) is 1. The molecule has 140 valence electrons. The van der Waals surface area contributed by atoms with Gasteiger partial charge in [-0.25, -0.2) is 0 Å². The first kappa shape index (κ1) is 21.0. The molecule has 4 nitrogen and oxygen atoms in total. The third-order valence-corrected chi connectivity index (χ3v) is 5.95. The molecule has 0 saturated carbocycles. The third-order valence-electron chi connectivity index (χ3n) is 4.27. The van der Waals surface area contributed by atoms with Crippen LogP contribution in [-0.2, 0) is 3.55 Å². The van der Waals surface area contributed by atoms with Crippen LogP contribution >= 0.6 is 34.2 Å². The lowest BCUT2D eigenvalue weighted by molar-refractivity contribution is 0.0927. The Bertz CT molecular complexity index is 765. The normalized spacial score (nSPS) is 13.3. The zero-order valence-electron chi connectivity index (χ0n) is 15.5. The quantitative estimate of drug-likeness (QED) is 0.353. The Morgan fingerprint density at radius 1 is 1.23 bits per heavy atom. The molecule has 0 aliphatic heterocycles. The van der Waals surface area contributed by atoms with Crippen LogP contribution in [0.2, 0.25) is 5.02 Å². The van der Waals surface area contributed by atoms with Crippen LogP contribution in [0.5, 0.6) is 5.75 Å². The van der Waals surface area contributed by atoms with Gasteiger partial charge in [-0.15, -0.1) is 0 Å². The van der Waals surface area contributed by atoms with Gasteiger partial charge in [0.25, 0.3) is 5.91 Å². The number of carbonyl (C=O) groups excluding carboxylic acids is 1. The van der Waals surface area contributed by atoms with E-state index in [1.165, 1.54) is 0 Å². The number of rotatable bonds is 7. The van der Waals surface area contributed by atoms with Gasteiger partial charge < -0.3 is 15.0 Å². The van der Waals surface area contributed by atoms with Crippen LogP contribution in [0.25, 0.3) is 0 Å². The molecule has 0 aliphatic rings. The lowest BCUT2D eigenvalue weighted by atomic mass is 10.0. The summed E-state index contributed by atoms with van der Waals surface area (Å²) in [6, 6.07) is 13.1. The van der Waals surface area contributed by atoms with Crippen molar-refractivity contribution >= 4 is 40.1 Å². The SMILES string of the molecule is COc1cccc(C(=O)NC(I)(CCN(C)C)c2ccc(Cl)cc2)c1C. The predicted molar refractivity (Wildman–Crippen MR) is 116 cm³/mol. The minimum Gasteiger partial charge on any atom is -0.496 e. The van der Waals surface area contributed by atoms with Crippen LogP contribution in [-0.4, -0.2) is 38.6 Å². The Morgan fingerprint density at radius 3 is 2.46 bits per heavy atom. The molecular formula is C20H24ClIN2O2. The van der Waals surface area contributed by atoms with E-state index in [1.54, 1.807) is 7.11 Å². The fourth-order valence-corrected chi connectivity index (χ4v) is 3.67. The van der Waals surface area contributed by atoms with Crippen LogP contribution < -0.4 is 10.1 Å².